The Morgan fingerprint density at radius 1 is 0.905 bits per heavy atom. The Morgan fingerprint density at radius 3 is 2.07 bits per heavy atom. The summed E-state index contributed by atoms with van der Waals surface area (Å²) in [6.45, 7) is 9.62. The van der Waals surface area contributed by atoms with Crippen LogP contribution >= 0.6 is 11.6 Å². The van der Waals surface area contributed by atoms with E-state index in [2.05, 4.69) is 5.32 Å². The number of rotatable bonds is 14. The van der Waals surface area contributed by atoms with E-state index >= 15 is 0 Å². The SMILES string of the molecule is CCOc1ccc(N(CC(=O)N(Cc2ccc(C)cc2)[C@@H](CC)C(=O)N[C@H](C)CC)S(=O)(=O)c2ccc(Cl)cc2)cc1. The molecule has 2 atom stereocenters. The van der Waals surface area contributed by atoms with Gasteiger partial charge in [-0.1, -0.05) is 55.3 Å². The van der Waals surface area contributed by atoms with Gasteiger partial charge in [0.05, 0.1) is 17.2 Å². The molecule has 0 heterocycles. The Hall–Kier alpha value is -3.56. The molecule has 42 heavy (non-hydrogen) atoms. The van der Waals surface area contributed by atoms with Crippen LogP contribution in [0.3, 0.4) is 0 Å². The summed E-state index contributed by atoms with van der Waals surface area (Å²) in [5, 5.41) is 3.37. The van der Waals surface area contributed by atoms with Crippen molar-refractivity contribution in [3.63, 3.8) is 0 Å². The van der Waals surface area contributed by atoms with Crippen molar-refractivity contribution in [3.8, 4) is 5.75 Å². The number of ether oxygens (including phenoxy) is 1. The second kappa shape index (κ2) is 15.1. The van der Waals surface area contributed by atoms with Crippen LogP contribution in [0.25, 0.3) is 0 Å². The molecule has 8 nitrogen and oxygen atoms in total. The normalized spacial score (nSPS) is 12.7. The van der Waals surface area contributed by atoms with Gasteiger partial charge >= 0.3 is 0 Å². The van der Waals surface area contributed by atoms with Crippen LogP contribution in [-0.4, -0.2) is 50.4 Å². The predicted molar refractivity (Wildman–Crippen MR) is 167 cm³/mol. The number of carbonyl (C=O) groups is 2. The minimum absolute atomic E-state index is 0.0137. The average molecular weight is 614 g/mol. The summed E-state index contributed by atoms with van der Waals surface area (Å²) in [4.78, 5) is 29.0. The zero-order valence-corrected chi connectivity index (χ0v) is 26.4. The molecule has 1 N–H and O–H groups in total. The molecule has 0 aliphatic heterocycles. The van der Waals surface area contributed by atoms with E-state index in [9.17, 15) is 18.0 Å². The van der Waals surface area contributed by atoms with Crippen LogP contribution in [0.4, 0.5) is 5.69 Å². The molecule has 0 saturated heterocycles. The number of nitrogens with zero attached hydrogens (tertiary/aromatic N) is 2. The highest BCUT2D eigenvalue weighted by Crippen LogP contribution is 2.27. The van der Waals surface area contributed by atoms with Crippen LogP contribution in [0, 0.1) is 6.92 Å². The first-order valence-corrected chi connectivity index (χ1v) is 16.0. The highest BCUT2D eigenvalue weighted by atomic mass is 35.5. The lowest BCUT2D eigenvalue weighted by Crippen LogP contribution is -2.53. The van der Waals surface area contributed by atoms with E-state index < -0.39 is 28.5 Å². The lowest BCUT2D eigenvalue weighted by atomic mass is 10.1. The second-order valence-corrected chi connectivity index (χ2v) is 12.4. The molecule has 0 bridgehead atoms. The molecule has 0 aliphatic carbocycles. The topological polar surface area (TPSA) is 96.0 Å². The van der Waals surface area contributed by atoms with E-state index in [1.807, 2.05) is 58.9 Å². The Labute approximate surface area is 254 Å². The first kappa shape index (κ1) is 32.9. The number of nitrogens with one attached hydrogen (secondary N) is 1. The van der Waals surface area contributed by atoms with Crippen LogP contribution in [0.2, 0.25) is 5.02 Å². The molecular weight excluding hydrogens is 574 g/mol. The van der Waals surface area contributed by atoms with E-state index in [-0.39, 0.29) is 29.1 Å². The maximum atomic E-state index is 14.2. The number of anilines is 1. The van der Waals surface area contributed by atoms with Gasteiger partial charge in [-0.2, -0.15) is 0 Å². The molecule has 2 amide bonds. The third-order valence-electron chi connectivity index (χ3n) is 6.98. The number of aryl methyl sites for hydroxylation is 1. The average Bonchev–Trinajstić information content (AvgIpc) is 2.97. The van der Waals surface area contributed by atoms with Gasteiger partial charge < -0.3 is 15.0 Å². The van der Waals surface area contributed by atoms with Crippen molar-refractivity contribution in [1.29, 1.82) is 0 Å². The van der Waals surface area contributed by atoms with E-state index in [4.69, 9.17) is 16.3 Å². The summed E-state index contributed by atoms with van der Waals surface area (Å²) in [6.07, 6.45) is 1.09. The molecule has 0 unspecified atom stereocenters. The number of halogens is 1. The smallest absolute Gasteiger partial charge is 0.264 e. The zero-order chi connectivity index (χ0) is 30.9. The van der Waals surface area contributed by atoms with Crippen molar-refractivity contribution >= 4 is 39.1 Å². The van der Waals surface area contributed by atoms with Gasteiger partial charge in [-0.05, 0) is 87.7 Å². The number of hydrogen-bond acceptors (Lipinski definition) is 5. The molecule has 0 saturated carbocycles. The van der Waals surface area contributed by atoms with Gasteiger partial charge in [-0.15, -0.1) is 0 Å². The van der Waals surface area contributed by atoms with Crippen LogP contribution < -0.4 is 14.4 Å². The van der Waals surface area contributed by atoms with Crippen LogP contribution in [0.5, 0.6) is 5.75 Å². The third kappa shape index (κ3) is 8.49. The highest BCUT2D eigenvalue weighted by molar-refractivity contribution is 7.92. The number of amides is 2. The Balaban J connectivity index is 2.05. The van der Waals surface area contributed by atoms with Crippen molar-refractivity contribution in [2.45, 2.75) is 71.0 Å². The molecule has 3 aromatic carbocycles. The Morgan fingerprint density at radius 2 is 1.52 bits per heavy atom. The fourth-order valence-electron chi connectivity index (χ4n) is 4.39. The van der Waals surface area contributed by atoms with Gasteiger partial charge in [0.15, 0.2) is 0 Å². The lowest BCUT2D eigenvalue weighted by molar-refractivity contribution is -0.140. The van der Waals surface area contributed by atoms with Gasteiger partial charge in [-0.25, -0.2) is 8.42 Å². The molecule has 3 aromatic rings. The molecule has 0 spiro atoms. The van der Waals surface area contributed by atoms with Gasteiger partial charge in [0, 0.05) is 17.6 Å². The molecule has 3 rings (SSSR count). The van der Waals surface area contributed by atoms with E-state index in [0.717, 1.165) is 21.9 Å². The van der Waals surface area contributed by atoms with Crippen molar-refractivity contribution < 1.29 is 22.7 Å². The third-order valence-corrected chi connectivity index (χ3v) is 9.02. The monoisotopic (exact) mass is 613 g/mol. The Bertz CT molecular complexity index is 1430. The largest absolute Gasteiger partial charge is 0.494 e. The summed E-state index contributed by atoms with van der Waals surface area (Å²) >= 11 is 6.02. The van der Waals surface area contributed by atoms with Crippen molar-refractivity contribution in [1.82, 2.24) is 10.2 Å². The second-order valence-electron chi connectivity index (χ2n) is 10.1. The van der Waals surface area contributed by atoms with Gasteiger partial charge in [0.1, 0.15) is 18.3 Å². The van der Waals surface area contributed by atoms with Crippen molar-refractivity contribution in [3.05, 3.63) is 88.9 Å². The van der Waals surface area contributed by atoms with E-state index in [0.29, 0.717) is 23.8 Å². The number of carbonyl (C=O) groups excluding carboxylic acids is 2. The first-order chi connectivity index (χ1) is 20.0. The maximum Gasteiger partial charge on any atom is 0.264 e. The molecule has 0 radical (unpaired) electrons. The van der Waals surface area contributed by atoms with Gasteiger partial charge in [-0.3, -0.25) is 13.9 Å². The standard InChI is InChI=1S/C32H40ClN3O5S/c1-6-24(5)34-32(38)30(7-2)35(21-25-11-9-23(4)10-12-25)31(37)22-36(27-15-17-28(18-16-27)41-8-3)42(39,40)29-19-13-26(33)14-20-29/h9-20,24,30H,6-8,21-22H2,1-5H3,(H,34,38)/t24-,30+/m1/s1. The number of hydrogen-bond donors (Lipinski definition) is 1. The van der Waals surface area contributed by atoms with Crippen molar-refractivity contribution in [2.24, 2.45) is 0 Å². The van der Waals surface area contributed by atoms with E-state index in [1.54, 1.807) is 24.3 Å². The van der Waals surface area contributed by atoms with Gasteiger partial charge in [0.25, 0.3) is 10.0 Å². The Kier molecular flexibility index (Phi) is 11.8. The zero-order valence-electron chi connectivity index (χ0n) is 24.8. The molecule has 0 aliphatic rings. The molecule has 226 valence electrons. The fourth-order valence-corrected chi connectivity index (χ4v) is 5.93. The highest BCUT2D eigenvalue weighted by Gasteiger charge is 2.34. The first-order valence-electron chi connectivity index (χ1n) is 14.2. The summed E-state index contributed by atoms with van der Waals surface area (Å²) in [5.41, 5.74) is 2.18. The van der Waals surface area contributed by atoms with Gasteiger partial charge in [0.2, 0.25) is 11.8 Å². The van der Waals surface area contributed by atoms with Crippen LogP contribution in [-0.2, 0) is 26.2 Å². The summed E-state index contributed by atoms with van der Waals surface area (Å²) < 4.78 is 34.5. The lowest BCUT2D eigenvalue weighted by Gasteiger charge is -2.33. The summed E-state index contributed by atoms with van der Waals surface area (Å²) in [5.74, 6) is -0.209. The van der Waals surface area contributed by atoms with Crippen LogP contribution in [0.1, 0.15) is 51.7 Å². The molecular formula is C32H40ClN3O5S. The van der Waals surface area contributed by atoms with E-state index in [1.165, 1.54) is 29.2 Å². The van der Waals surface area contributed by atoms with Crippen molar-refractivity contribution in [2.75, 3.05) is 17.5 Å². The predicted octanol–water partition coefficient (Wildman–Crippen LogP) is 5.96. The molecule has 0 fully saturated rings. The molecule has 0 aromatic heterocycles. The van der Waals surface area contributed by atoms with Crippen LogP contribution in [0.15, 0.2) is 77.7 Å². The summed E-state index contributed by atoms with van der Waals surface area (Å²) in [6, 6.07) is 19.1. The summed E-state index contributed by atoms with van der Waals surface area (Å²) in [7, 11) is -4.19. The minimum atomic E-state index is -4.19. The maximum absolute atomic E-state index is 14.2. The quantitative estimate of drug-likeness (QED) is 0.242. The molecule has 10 heteroatoms. The number of sulfonamides is 1. The fraction of sp³-hybridized carbons (Fsp3) is 0.375. The number of benzene rings is 3. The minimum Gasteiger partial charge on any atom is -0.494 e.